The van der Waals surface area contributed by atoms with Crippen molar-refractivity contribution in [3.63, 3.8) is 0 Å². The number of carbonyl (C=O) groups excluding carboxylic acids is 1. The van der Waals surface area contributed by atoms with Crippen molar-refractivity contribution in [3.05, 3.63) is 58.9 Å². The van der Waals surface area contributed by atoms with Gasteiger partial charge in [-0.3, -0.25) is 4.79 Å². The highest BCUT2D eigenvalue weighted by atomic mass is 19.4. The molecule has 22 heavy (non-hydrogen) atoms. The molecular weight excluding hydrogens is 300 g/mol. The summed E-state index contributed by atoms with van der Waals surface area (Å²) in [6.07, 6.45) is -4.87. The second-order valence-electron chi connectivity index (χ2n) is 4.72. The van der Waals surface area contributed by atoms with E-state index in [1.165, 1.54) is 6.07 Å². The first-order valence-corrected chi connectivity index (χ1v) is 6.22. The number of amides is 1. The molecule has 0 saturated heterocycles. The van der Waals surface area contributed by atoms with Crippen LogP contribution in [0, 0.1) is 12.7 Å². The maximum atomic E-state index is 13.2. The van der Waals surface area contributed by atoms with Gasteiger partial charge in [-0.25, -0.2) is 4.39 Å². The quantitative estimate of drug-likeness (QED) is 0.651. The zero-order valence-electron chi connectivity index (χ0n) is 11.5. The zero-order chi connectivity index (χ0) is 16.5. The van der Waals surface area contributed by atoms with Gasteiger partial charge in [0, 0.05) is 16.9 Å². The molecule has 0 saturated carbocycles. The molecule has 0 aliphatic rings. The summed E-state index contributed by atoms with van der Waals surface area (Å²) in [5.74, 6) is -2.21. The molecule has 0 aliphatic heterocycles. The predicted molar refractivity (Wildman–Crippen MR) is 74.9 cm³/mol. The number of aryl methyl sites for hydroxylation is 1. The lowest BCUT2D eigenvalue weighted by molar-refractivity contribution is -0.140. The van der Waals surface area contributed by atoms with Gasteiger partial charge in [-0.2, -0.15) is 13.2 Å². The van der Waals surface area contributed by atoms with Gasteiger partial charge in [-0.1, -0.05) is 6.07 Å². The van der Waals surface area contributed by atoms with Crippen LogP contribution in [-0.2, 0) is 6.18 Å². The highest BCUT2D eigenvalue weighted by Gasteiger charge is 2.34. The molecule has 2 rings (SSSR count). The molecule has 0 aliphatic carbocycles. The van der Waals surface area contributed by atoms with Crippen LogP contribution in [0.3, 0.4) is 0 Å². The molecule has 1 amide bonds. The summed E-state index contributed by atoms with van der Waals surface area (Å²) in [7, 11) is 0. The number of halogens is 4. The van der Waals surface area contributed by atoms with E-state index in [1.54, 1.807) is 19.1 Å². The molecular formula is C15H12F4N2O. The Morgan fingerprint density at radius 3 is 2.41 bits per heavy atom. The number of nitrogens with one attached hydrogen (secondary N) is 1. The number of anilines is 2. The molecule has 0 radical (unpaired) electrons. The van der Waals surface area contributed by atoms with Crippen LogP contribution < -0.4 is 11.1 Å². The van der Waals surface area contributed by atoms with Crippen molar-refractivity contribution in [3.8, 4) is 0 Å². The largest absolute Gasteiger partial charge is 0.419 e. The number of nitrogen functional groups attached to an aromatic ring is 1. The van der Waals surface area contributed by atoms with E-state index >= 15 is 0 Å². The third-order valence-corrected chi connectivity index (χ3v) is 3.07. The lowest BCUT2D eigenvalue weighted by Gasteiger charge is -2.11. The molecule has 3 N–H and O–H groups in total. The van der Waals surface area contributed by atoms with Gasteiger partial charge in [0.1, 0.15) is 5.82 Å². The number of benzene rings is 2. The molecule has 0 aromatic heterocycles. The molecule has 2 aromatic carbocycles. The Kier molecular flexibility index (Phi) is 4.07. The van der Waals surface area contributed by atoms with E-state index in [9.17, 15) is 22.4 Å². The van der Waals surface area contributed by atoms with Crippen molar-refractivity contribution in [2.45, 2.75) is 13.1 Å². The summed E-state index contributed by atoms with van der Waals surface area (Å²) in [5.41, 5.74) is 5.49. The third-order valence-electron chi connectivity index (χ3n) is 3.07. The minimum atomic E-state index is -4.87. The zero-order valence-corrected chi connectivity index (χ0v) is 11.5. The maximum Gasteiger partial charge on any atom is 0.419 e. The van der Waals surface area contributed by atoms with Gasteiger partial charge in [-0.05, 0) is 42.8 Å². The summed E-state index contributed by atoms with van der Waals surface area (Å²) >= 11 is 0. The maximum absolute atomic E-state index is 13.2. The van der Waals surface area contributed by atoms with E-state index in [0.717, 1.165) is 11.6 Å². The average Bonchev–Trinajstić information content (AvgIpc) is 2.42. The third kappa shape index (κ3) is 3.36. The Morgan fingerprint density at radius 1 is 1.14 bits per heavy atom. The first-order chi connectivity index (χ1) is 10.2. The van der Waals surface area contributed by atoms with Crippen molar-refractivity contribution < 1.29 is 22.4 Å². The van der Waals surface area contributed by atoms with Gasteiger partial charge >= 0.3 is 6.18 Å². The van der Waals surface area contributed by atoms with E-state index in [4.69, 9.17) is 5.73 Å². The highest BCUT2D eigenvalue weighted by Crippen LogP contribution is 2.32. The van der Waals surface area contributed by atoms with E-state index < -0.39 is 23.5 Å². The fourth-order valence-electron chi connectivity index (χ4n) is 1.81. The number of hydrogen-bond acceptors (Lipinski definition) is 2. The van der Waals surface area contributed by atoms with Crippen LogP contribution in [0.1, 0.15) is 21.5 Å². The molecule has 2 aromatic rings. The van der Waals surface area contributed by atoms with Crippen LogP contribution in [-0.4, -0.2) is 5.91 Å². The van der Waals surface area contributed by atoms with Crippen molar-refractivity contribution in [2.24, 2.45) is 0 Å². The van der Waals surface area contributed by atoms with Crippen molar-refractivity contribution in [2.75, 3.05) is 11.1 Å². The normalized spacial score (nSPS) is 11.3. The monoisotopic (exact) mass is 312 g/mol. The fourth-order valence-corrected chi connectivity index (χ4v) is 1.81. The van der Waals surface area contributed by atoms with Gasteiger partial charge < -0.3 is 11.1 Å². The first kappa shape index (κ1) is 15.8. The van der Waals surface area contributed by atoms with Crippen molar-refractivity contribution >= 4 is 17.3 Å². The van der Waals surface area contributed by atoms with E-state index in [-0.39, 0.29) is 5.56 Å². The lowest BCUT2D eigenvalue weighted by atomic mass is 10.1. The van der Waals surface area contributed by atoms with E-state index in [2.05, 4.69) is 5.32 Å². The van der Waals surface area contributed by atoms with E-state index in [0.29, 0.717) is 23.5 Å². The first-order valence-electron chi connectivity index (χ1n) is 6.22. The summed E-state index contributed by atoms with van der Waals surface area (Å²) in [6, 6.07) is 6.79. The molecule has 0 spiro atoms. The second kappa shape index (κ2) is 5.67. The molecule has 0 fully saturated rings. The number of nitrogens with two attached hydrogens (primary N) is 1. The second-order valence-corrected chi connectivity index (χ2v) is 4.72. The number of hydrogen-bond donors (Lipinski definition) is 2. The van der Waals surface area contributed by atoms with Gasteiger partial charge in [0.05, 0.1) is 5.56 Å². The number of alkyl halides is 3. The van der Waals surface area contributed by atoms with Gasteiger partial charge in [-0.15, -0.1) is 0 Å². The van der Waals surface area contributed by atoms with Crippen molar-refractivity contribution in [1.29, 1.82) is 0 Å². The highest BCUT2D eigenvalue weighted by molar-refractivity contribution is 6.04. The van der Waals surface area contributed by atoms with Crippen LogP contribution in [0.5, 0.6) is 0 Å². The van der Waals surface area contributed by atoms with E-state index in [1.807, 2.05) is 0 Å². The van der Waals surface area contributed by atoms with Crippen LogP contribution >= 0.6 is 0 Å². The summed E-state index contributed by atoms with van der Waals surface area (Å²) in [4.78, 5) is 12.0. The van der Waals surface area contributed by atoms with Crippen LogP contribution in [0.15, 0.2) is 36.4 Å². The molecule has 116 valence electrons. The Hall–Kier alpha value is -2.57. The van der Waals surface area contributed by atoms with Crippen LogP contribution in [0.2, 0.25) is 0 Å². The summed E-state index contributed by atoms with van der Waals surface area (Å²) in [5, 5.41) is 2.42. The molecule has 0 atom stereocenters. The number of carbonyl (C=O) groups is 1. The van der Waals surface area contributed by atoms with Gasteiger partial charge in [0.2, 0.25) is 0 Å². The van der Waals surface area contributed by atoms with Crippen LogP contribution in [0.4, 0.5) is 28.9 Å². The molecule has 0 unspecified atom stereocenters. The SMILES string of the molecule is Cc1ccc(NC(=O)c2ccc(F)c(C(F)(F)F)c2)cc1N. The Balaban J connectivity index is 2.28. The van der Waals surface area contributed by atoms with Crippen molar-refractivity contribution in [1.82, 2.24) is 0 Å². The Bertz CT molecular complexity index is 726. The lowest BCUT2D eigenvalue weighted by Crippen LogP contribution is -2.15. The molecule has 7 heteroatoms. The topological polar surface area (TPSA) is 55.1 Å². The molecule has 0 bridgehead atoms. The Labute approximate surface area is 123 Å². The number of rotatable bonds is 2. The standard InChI is InChI=1S/C15H12F4N2O/c1-8-2-4-10(7-13(8)20)21-14(22)9-3-5-12(16)11(6-9)15(17,18)19/h2-7H,20H2,1H3,(H,21,22). The minimum absolute atomic E-state index is 0.298. The molecule has 0 heterocycles. The summed E-state index contributed by atoms with van der Waals surface area (Å²) in [6.45, 7) is 1.77. The van der Waals surface area contributed by atoms with Gasteiger partial charge in [0.15, 0.2) is 0 Å². The van der Waals surface area contributed by atoms with Gasteiger partial charge in [0.25, 0.3) is 5.91 Å². The smallest absolute Gasteiger partial charge is 0.398 e. The molecule has 3 nitrogen and oxygen atoms in total. The minimum Gasteiger partial charge on any atom is -0.398 e. The Morgan fingerprint density at radius 2 is 1.82 bits per heavy atom. The van der Waals surface area contributed by atoms with Crippen LogP contribution in [0.25, 0.3) is 0 Å². The average molecular weight is 312 g/mol. The fraction of sp³-hybridized carbons (Fsp3) is 0.133. The summed E-state index contributed by atoms with van der Waals surface area (Å²) < 4.78 is 51.1. The predicted octanol–water partition coefficient (Wildman–Crippen LogP) is 3.99.